The quantitative estimate of drug-likeness (QED) is 0.536. The first-order valence-corrected chi connectivity index (χ1v) is 9.55. The van der Waals surface area contributed by atoms with E-state index in [1.165, 1.54) is 0 Å². The lowest BCUT2D eigenvalue weighted by Gasteiger charge is -2.43. The Morgan fingerprint density at radius 3 is 2.78 bits per heavy atom. The van der Waals surface area contributed by atoms with Crippen molar-refractivity contribution < 1.29 is 9.84 Å². The summed E-state index contributed by atoms with van der Waals surface area (Å²) in [6.07, 6.45) is 3.43. The molecule has 0 aromatic heterocycles. The number of aromatic nitrogens is 3. The van der Waals surface area contributed by atoms with Gasteiger partial charge in [-0.05, 0) is 52.1 Å². The van der Waals surface area contributed by atoms with Crippen LogP contribution in [0, 0.1) is 11.8 Å². The summed E-state index contributed by atoms with van der Waals surface area (Å²) in [5.41, 5.74) is 1.51. The number of hydrogen-bond acceptors (Lipinski definition) is 7. The number of likely N-dealkylation sites (tertiary alicyclic amines) is 1. The molecule has 3 aliphatic heterocycles. The van der Waals surface area contributed by atoms with E-state index in [4.69, 9.17) is 10.6 Å². The molecule has 1 saturated heterocycles. The van der Waals surface area contributed by atoms with Gasteiger partial charge in [-0.3, -0.25) is 9.58 Å². The van der Waals surface area contributed by atoms with E-state index in [-0.39, 0.29) is 12.0 Å². The Balaban J connectivity index is 1.87. The van der Waals surface area contributed by atoms with Gasteiger partial charge in [0.05, 0.1) is 17.3 Å². The zero-order valence-corrected chi connectivity index (χ0v) is 16.9. The molecule has 0 spiro atoms. The van der Waals surface area contributed by atoms with Crippen LogP contribution in [0.25, 0.3) is 11.4 Å². The van der Waals surface area contributed by atoms with E-state index in [1.54, 1.807) is 17.2 Å². The second kappa shape index (κ2) is 7.71. The van der Waals surface area contributed by atoms with Gasteiger partial charge in [0.1, 0.15) is 6.33 Å². The number of nitrogens with zero attached hydrogens (tertiary/aromatic N) is 4. The first-order chi connectivity index (χ1) is 12.7. The lowest BCUT2D eigenvalue weighted by Crippen LogP contribution is -2.51. The molecule has 0 aliphatic carbocycles. The summed E-state index contributed by atoms with van der Waals surface area (Å²) < 4.78 is 7.35. The molecule has 150 valence electrons. The molecule has 0 bridgehead atoms. The van der Waals surface area contributed by atoms with Crippen LogP contribution in [0.15, 0.2) is 18.6 Å². The molecule has 3 heterocycles. The van der Waals surface area contributed by atoms with E-state index in [0.29, 0.717) is 18.3 Å². The zero-order chi connectivity index (χ0) is 19.8. The van der Waals surface area contributed by atoms with Crippen molar-refractivity contribution in [1.82, 2.24) is 24.9 Å². The van der Waals surface area contributed by atoms with E-state index >= 15 is 0 Å². The van der Waals surface area contributed by atoms with Crippen molar-refractivity contribution in [2.45, 2.75) is 52.2 Å². The molecule has 4 unspecified atom stereocenters. The average Bonchev–Trinajstić information content (AvgIpc) is 3.05. The SMILES string of the molecule is CNC(c1c2ccnc-2ncn1N)C1CN(C(O)OC(C)(C)C)CCC1C. The maximum atomic E-state index is 10.6. The topological polar surface area (TPSA) is 101 Å². The molecule has 3 rings (SSSR count). The van der Waals surface area contributed by atoms with Crippen molar-refractivity contribution >= 4 is 0 Å². The number of nitrogens with one attached hydrogen (secondary N) is 1. The van der Waals surface area contributed by atoms with Gasteiger partial charge in [0.2, 0.25) is 6.41 Å². The number of ether oxygens (including phenoxy) is 1. The molecule has 0 aromatic carbocycles. The predicted octanol–water partition coefficient (Wildman–Crippen LogP) is 1.41. The van der Waals surface area contributed by atoms with Gasteiger partial charge in [-0.2, -0.15) is 0 Å². The minimum Gasteiger partial charge on any atom is -0.356 e. The maximum Gasteiger partial charge on any atom is 0.216 e. The van der Waals surface area contributed by atoms with Crippen molar-refractivity contribution in [2.24, 2.45) is 11.8 Å². The van der Waals surface area contributed by atoms with Crippen LogP contribution < -0.4 is 11.2 Å². The van der Waals surface area contributed by atoms with Crippen LogP contribution in [0.2, 0.25) is 0 Å². The number of aliphatic hydroxyl groups excluding tert-OH is 1. The molecular weight excluding hydrogens is 344 g/mol. The minimum absolute atomic E-state index is 0.00402. The fraction of sp³-hybridized carbons (Fsp3) is 0.684. The van der Waals surface area contributed by atoms with Crippen molar-refractivity contribution in [1.29, 1.82) is 0 Å². The molecule has 4 N–H and O–H groups in total. The zero-order valence-electron chi connectivity index (χ0n) is 16.9. The smallest absolute Gasteiger partial charge is 0.216 e. The van der Waals surface area contributed by atoms with E-state index in [2.05, 4.69) is 22.2 Å². The number of aliphatic hydroxyl groups is 1. The molecule has 1 fully saturated rings. The molecule has 3 aliphatic rings. The van der Waals surface area contributed by atoms with Gasteiger partial charge in [-0.15, -0.1) is 0 Å². The lowest BCUT2D eigenvalue weighted by molar-refractivity contribution is -0.247. The molecule has 0 radical (unpaired) electrons. The lowest BCUT2D eigenvalue weighted by atomic mass is 9.79. The average molecular weight is 377 g/mol. The molecular formula is C19H32N6O2. The van der Waals surface area contributed by atoms with Gasteiger partial charge in [0, 0.05) is 24.8 Å². The second-order valence-corrected chi connectivity index (χ2v) is 8.47. The predicted molar refractivity (Wildman–Crippen MR) is 104 cm³/mol. The van der Waals surface area contributed by atoms with Crippen LogP contribution >= 0.6 is 0 Å². The highest BCUT2D eigenvalue weighted by Gasteiger charge is 2.38. The van der Waals surface area contributed by atoms with Crippen LogP contribution in [-0.4, -0.2) is 56.8 Å². The molecule has 8 nitrogen and oxygen atoms in total. The largest absolute Gasteiger partial charge is 0.356 e. The van der Waals surface area contributed by atoms with Gasteiger partial charge in [-0.1, -0.05) is 6.92 Å². The van der Waals surface area contributed by atoms with E-state index in [9.17, 15) is 5.11 Å². The highest BCUT2D eigenvalue weighted by Crippen LogP contribution is 2.37. The molecule has 0 saturated carbocycles. The standard InChI is InChI=1S/C19H32N6O2/c1-12-7-9-24(18(26)27-19(2,3)4)10-14(12)15(21-5)16-13-6-8-22-17(13)23-11-25(16)20/h6,8,11-12,14-15,18,21,26H,7,9-10,20H2,1-5H3. The van der Waals surface area contributed by atoms with E-state index in [1.807, 2.05) is 38.8 Å². The summed E-state index contributed by atoms with van der Waals surface area (Å²) in [5, 5.41) is 14.0. The maximum absolute atomic E-state index is 10.6. The Kier molecular flexibility index (Phi) is 5.71. The number of rotatable bonds is 5. The van der Waals surface area contributed by atoms with Crippen LogP contribution in [0.1, 0.15) is 45.9 Å². The van der Waals surface area contributed by atoms with Crippen LogP contribution in [0.3, 0.4) is 0 Å². The second-order valence-electron chi connectivity index (χ2n) is 8.47. The normalized spacial score (nSPS) is 24.2. The number of nitrogens with two attached hydrogens (primary N) is 1. The number of fused-ring (bicyclic) bond motifs is 1. The molecule has 27 heavy (non-hydrogen) atoms. The first-order valence-electron chi connectivity index (χ1n) is 9.55. The highest BCUT2D eigenvalue weighted by atomic mass is 16.6. The van der Waals surface area contributed by atoms with Crippen molar-refractivity contribution in [3.63, 3.8) is 0 Å². The molecule has 0 amide bonds. The molecule has 8 heteroatoms. The summed E-state index contributed by atoms with van der Waals surface area (Å²) in [6.45, 7) is 9.61. The van der Waals surface area contributed by atoms with Crippen LogP contribution in [-0.2, 0) is 4.74 Å². The van der Waals surface area contributed by atoms with Gasteiger partial charge < -0.3 is 21.0 Å². The van der Waals surface area contributed by atoms with Gasteiger partial charge in [0.15, 0.2) is 5.82 Å². The Hall–Kier alpha value is -1.74. The highest BCUT2D eigenvalue weighted by molar-refractivity contribution is 5.60. The molecule has 4 atom stereocenters. The Morgan fingerprint density at radius 2 is 2.11 bits per heavy atom. The van der Waals surface area contributed by atoms with E-state index in [0.717, 1.165) is 24.2 Å². The third-order valence-electron chi connectivity index (χ3n) is 5.39. The summed E-state index contributed by atoms with van der Waals surface area (Å²) in [4.78, 5) is 10.6. The third kappa shape index (κ3) is 4.24. The van der Waals surface area contributed by atoms with Crippen molar-refractivity contribution in [3.8, 4) is 11.4 Å². The fourth-order valence-corrected chi connectivity index (χ4v) is 3.98. The third-order valence-corrected chi connectivity index (χ3v) is 5.39. The monoisotopic (exact) mass is 376 g/mol. The van der Waals surface area contributed by atoms with Crippen LogP contribution in [0.4, 0.5) is 0 Å². The Labute approximate surface area is 161 Å². The van der Waals surface area contributed by atoms with Gasteiger partial charge in [-0.25, -0.2) is 9.97 Å². The molecule has 0 aromatic rings. The minimum atomic E-state index is -0.916. The number of hydrogen-bond donors (Lipinski definition) is 3. The summed E-state index contributed by atoms with van der Waals surface area (Å²) in [6, 6.07) is 1.96. The summed E-state index contributed by atoms with van der Waals surface area (Å²) >= 11 is 0. The van der Waals surface area contributed by atoms with Crippen molar-refractivity contribution in [3.05, 3.63) is 24.3 Å². The summed E-state index contributed by atoms with van der Waals surface area (Å²) in [5.74, 6) is 7.66. The fourth-order valence-electron chi connectivity index (χ4n) is 3.98. The van der Waals surface area contributed by atoms with Crippen LogP contribution in [0.5, 0.6) is 0 Å². The number of piperidine rings is 1. The first kappa shape index (κ1) is 20.0. The Bertz CT molecular complexity index is 727. The Morgan fingerprint density at radius 1 is 1.37 bits per heavy atom. The van der Waals surface area contributed by atoms with E-state index < -0.39 is 12.0 Å². The van der Waals surface area contributed by atoms with Gasteiger partial charge in [0.25, 0.3) is 0 Å². The summed E-state index contributed by atoms with van der Waals surface area (Å²) in [7, 11) is 1.95. The number of nitrogen functional groups attached to an aromatic ring is 1. The van der Waals surface area contributed by atoms with Crippen molar-refractivity contribution in [2.75, 3.05) is 26.0 Å². The van der Waals surface area contributed by atoms with Gasteiger partial charge >= 0.3 is 0 Å².